The molecule has 1 atom stereocenters. The molecule has 3 nitrogen and oxygen atoms in total. The normalized spacial score (nSPS) is 12.1. The van der Waals surface area contributed by atoms with Gasteiger partial charge in [0.2, 0.25) is 5.91 Å². The molecule has 88 valence electrons. The molecule has 2 aromatic rings. The molecule has 1 aromatic heterocycles. The first-order valence-electron chi connectivity index (χ1n) is 5.26. The molecule has 4 heteroatoms. The Bertz CT molecular complexity index is 467. The summed E-state index contributed by atoms with van der Waals surface area (Å²) in [7, 11) is 0. The van der Waals surface area contributed by atoms with Crippen LogP contribution in [0, 0.1) is 0 Å². The van der Waals surface area contributed by atoms with Gasteiger partial charge in [-0.15, -0.1) is 11.6 Å². The molecule has 0 radical (unpaired) electrons. The van der Waals surface area contributed by atoms with E-state index in [1.165, 1.54) is 0 Å². The minimum Gasteiger partial charge on any atom is -0.467 e. The molecule has 0 saturated heterocycles. The molecular formula is C13H12ClNO2. The van der Waals surface area contributed by atoms with Gasteiger partial charge >= 0.3 is 0 Å². The number of nitrogens with one attached hydrogen (secondary N) is 1. The van der Waals surface area contributed by atoms with E-state index in [-0.39, 0.29) is 5.91 Å². The van der Waals surface area contributed by atoms with Crippen LogP contribution < -0.4 is 5.32 Å². The van der Waals surface area contributed by atoms with E-state index in [4.69, 9.17) is 16.0 Å². The Hall–Kier alpha value is -1.74. The summed E-state index contributed by atoms with van der Waals surface area (Å²) in [5.41, 5.74) is 0.783. The second-order valence-corrected chi connectivity index (χ2v) is 4.01. The Morgan fingerprint density at radius 2 is 2.00 bits per heavy atom. The van der Waals surface area contributed by atoms with Gasteiger partial charge in [0.1, 0.15) is 11.1 Å². The van der Waals surface area contributed by atoms with Crippen molar-refractivity contribution in [3.63, 3.8) is 0 Å². The highest BCUT2D eigenvalue weighted by molar-refractivity contribution is 6.30. The maximum absolute atomic E-state index is 11.8. The van der Waals surface area contributed by atoms with E-state index in [2.05, 4.69) is 5.32 Å². The van der Waals surface area contributed by atoms with Crippen LogP contribution in [0.3, 0.4) is 0 Å². The Labute approximate surface area is 104 Å². The highest BCUT2D eigenvalue weighted by Crippen LogP contribution is 2.19. The summed E-state index contributed by atoms with van der Waals surface area (Å²) >= 11 is 6.05. The molecule has 17 heavy (non-hydrogen) atoms. The number of halogens is 1. The smallest absolute Gasteiger partial charge is 0.242 e. The van der Waals surface area contributed by atoms with Gasteiger partial charge in [0.05, 0.1) is 12.8 Å². The molecule has 0 aliphatic heterocycles. The van der Waals surface area contributed by atoms with Gasteiger partial charge in [0.15, 0.2) is 0 Å². The van der Waals surface area contributed by atoms with Crippen molar-refractivity contribution in [2.75, 3.05) is 0 Å². The van der Waals surface area contributed by atoms with Crippen molar-refractivity contribution in [1.82, 2.24) is 5.32 Å². The lowest BCUT2D eigenvalue weighted by molar-refractivity contribution is -0.121. The van der Waals surface area contributed by atoms with E-state index in [1.54, 1.807) is 18.4 Å². The van der Waals surface area contributed by atoms with Gasteiger partial charge < -0.3 is 9.73 Å². The average Bonchev–Trinajstić information content (AvgIpc) is 2.89. The van der Waals surface area contributed by atoms with Crippen molar-refractivity contribution in [2.24, 2.45) is 0 Å². The minimum atomic E-state index is -0.675. The van der Waals surface area contributed by atoms with Gasteiger partial charge in [-0.05, 0) is 17.7 Å². The fourth-order valence-electron chi connectivity index (χ4n) is 1.45. The van der Waals surface area contributed by atoms with Crippen molar-refractivity contribution in [3.8, 4) is 0 Å². The summed E-state index contributed by atoms with van der Waals surface area (Å²) in [5.74, 6) is 0.476. The quantitative estimate of drug-likeness (QED) is 0.847. The Balaban J connectivity index is 1.92. The van der Waals surface area contributed by atoms with Crippen LogP contribution in [0.25, 0.3) is 0 Å². The summed E-state index contributed by atoms with van der Waals surface area (Å²) in [6, 6.07) is 12.8. The van der Waals surface area contributed by atoms with Crippen LogP contribution in [-0.2, 0) is 11.3 Å². The van der Waals surface area contributed by atoms with Crippen LogP contribution in [0.5, 0.6) is 0 Å². The zero-order chi connectivity index (χ0) is 12.1. The van der Waals surface area contributed by atoms with E-state index in [9.17, 15) is 4.79 Å². The number of alkyl halides is 1. The first-order valence-corrected chi connectivity index (χ1v) is 5.70. The van der Waals surface area contributed by atoms with E-state index >= 15 is 0 Å². The molecule has 0 saturated carbocycles. The SMILES string of the molecule is O=C(NCc1ccco1)C(Cl)c1ccccc1. The van der Waals surface area contributed by atoms with Crippen LogP contribution in [0.2, 0.25) is 0 Å². The molecule has 2 rings (SSSR count). The molecule has 0 aliphatic carbocycles. The van der Waals surface area contributed by atoms with Crippen LogP contribution in [0.15, 0.2) is 53.1 Å². The fraction of sp³-hybridized carbons (Fsp3) is 0.154. The monoisotopic (exact) mass is 249 g/mol. The maximum atomic E-state index is 11.8. The second-order valence-electron chi connectivity index (χ2n) is 3.57. The third kappa shape index (κ3) is 3.11. The lowest BCUT2D eigenvalue weighted by Gasteiger charge is -2.09. The van der Waals surface area contributed by atoms with Crippen LogP contribution in [0.1, 0.15) is 16.7 Å². The van der Waals surface area contributed by atoms with E-state index in [0.717, 1.165) is 5.56 Å². The molecule has 1 aromatic carbocycles. The molecule has 0 aliphatic rings. The summed E-state index contributed by atoms with van der Waals surface area (Å²) < 4.78 is 5.11. The van der Waals surface area contributed by atoms with Gasteiger partial charge in [-0.3, -0.25) is 4.79 Å². The van der Waals surface area contributed by atoms with Crippen molar-refractivity contribution in [2.45, 2.75) is 11.9 Å². The molecule has 0 bridgehead atoms. The number of hydrogen-bond acceptors (Lipinski definition) is 2. The standard InChI is InChI=1S/C13H12ClNO2/c14-12(10-5-2-1-3-6-10)13(16)15-9-11-7-4-8-17-11/h1-8,12H,9H2,(H,15,16). The van der Waals surface area contributed by atoms with E-state index in [1.807, 2.05) is 30.3 Å². The molecule has 0 spiro atoms. The highest BCUT2D eigenvalue weighted by atomic mass is 35.5. The summed E-state index contributed by atoms with van der Waals surface area (Å²) in [6.45, 7) is 0.349. The Morgan fingerprint density at radius 1 is 1.24 bits per heavy atom. The van der Waals surface area contributed by atoms with Crippen molar-refractivity contribution in [1.29, 1.82) is 0 Å². The largest absolute Gasteiger partial charge is 0.467 e. The Morgan fingerprint density at radius 3 is 2.65 bits per heavy atom. The molecule has 1 unspecified atom stereocenters. The third-order valence-electron chi connectivity index (χ3n) is 2.34. The highest BCUT2D eigenvalue weighted by Gasteiger charge is 2.16. The lowest BCUT2D eigenvalue weighted by Crippen LogP contribution is -2.26. The average molecular weight is 250 g/mol. The maximum Gasteiger partial charge on any atom is 0.242 e. The van der Waals surface area contributed by atoms with Crippen LogP contribution in [0.4, 0.5) is 0 Å². The van der Waals surface area contributed by atoms with Gasteiger partial charge in [-0.1, -0.05) is 30.3 Å². The van der Waals surface area contributed by atoms with Crippen molar-refractivity contribution >= 4 is 17.5 Å². The number of furan rings is 1. The number of rotatable bonds is 4. The number of carbonyl (C=O) groups excluding carboxylic acids is 1. The third-order valence-corrected chi connectivity index (χ3v) is 2.79. The van der Waals surface area contributed by atoms with Gasteiger partial charge in [0, 0.05) is 0 Å². The predicted molar refractivity (Wildman–Crippen MR) is 65.6 cm³/mol. The number of carbonyl (C=O) groups is 1. The molecule has 0 fully saturated rings. The van der Waals surface area contributed by atoms with Gasteiger partial charge in [-0.2, -0.15) is 0 Å². The van der Waals surface area contributed by atoms with E-state index < -0.39 is 5.38 Å². The van der Waals surface area contributed by atoms with Crippen LogP contribution in [-0.4, -0.2) is 5.91 Å². The minimum absolute atomic E-state index is 0.228. The summed E-state index contributed by atoms with van der Waals surface area (Å²) in [4.78, 5) is 11.8. The zero-order valence-electron chi connectivity index (χ0n) is 9.10. The fourth-order valence-corrected chi connectivity index (χ4v) is 1.67. The lowest BCUT2D eigenvalue weighted by atomic mass is 10.1. The number of amides is 1. The van der Waals surface area contributed by atoms with E-state index in [0.29, 0.717) is 12.3 Å². The first kappa shape index (κ1) is 11.7. The number of hydrogen-bond donors (Lipinski definition) is 1. The van der Waals surface area contributed by atoms with Gasteiger partial charge in [-0.25, -0.2) is 0 Å². The molecule has 1 heterocycles. The van der Waals surface area contributed by atoms with Crippen molar-refractivity contribution < 1.29 is 9.21 Å². The second kappa shape index (κ2) is 5.55. The van der Waals surface area contributed by atoms with Crippen molar-refractivity contribution in [3.05, 3.63) is 60.1 Å². The summed E-state index contributed by atoms with van der Waals surface area (Å²) in [5, 5.41) is 2.04. The summed E-state index contributed by atoms with van der Waals surface area (Å²) in [6.07, 6.45) is 1.57. The zero-order valence-corrected chi connectivity index (χ0v) is 9.85. The molecule has 1 amide bonds. The first-order chi connectivity index (χ1) is 8.27. The van der Waals surface area contributed by atoms with Crippen LogP contribution >= 0.6 is 11.6 Å². The van der Waals surface area contributed by atoms with Gasteiger partial charge in [0.25, 0.3) is 0 Å². The topological polar surface area (TPSA) is 42.2 Å². The predicted octanol–water partition coefficient (Wildman–Crippen LogP) is 2.88. The Kier molecular flexibility index (Phi) is 3.83. The number of benzene rings is 1. The molecular weight excluding hydrogens is 238 g/mol. The molecule has 1 N–H and O–H groups in total.